The van der Waals surface area contributed by atoms with Crippen LogP contribution in [-0.2, 0) is 9.59 Å². The fourth-order valence-corrected chi connectivity index (χ4v) is 4.00. The third kappa shape index (κ3) is 3.92. The molecule has 32 heavy (non-hydrogen) atoms. The second kappa shape index (κ2) is 8.76. The van der Waals surface area contributed by atoms with Crippen LogP contribution in [-0.4, -0.2) is 33.1 Å². The highest BCUT2D eigenvalue weighted by Crippen LogP contribution is 2.27. The lowest BCUT2D eigenvalue weighted by molar-refractivity contribution is -0.122. The lowest BCUT2D eigenvalue weighted by Crippen LogP contribution is -2.54. The number of benzene rings is 1. The quantitative estimate of drug-likeness (QED) is 0.367. The van der Waals surface area contributed by atoms with E-state index in [2.05, 4.69) is 10.3 Å². The zero-order valence-electron chi connectivity index (χ0n) is 18.0. The average molecular weight is 447 g/mol. The number of aryl methyl sites for hydroxylation is 1. The van der Waals surface area contributed by atoms with Gasteiger partial charge in [-0.05, 0) is 87.1 Å². The van der Waals surface area contributed by atoms with E-state index in [0.717, 1.165) is 22.6 Å². The van der Waals surface area contributed by atoms with Gasteiger partial charge in [0, 0.05) is 17.6 Å². The van der Waals surface area contributed by atoms with Gasteiger partial charge in [-0.3, -0.25) is 24.8 Å². The molecule has 2 amide bonds. The Labute approximate surface area is 191 Å². The number of ether oxygens (including phenoxy) is 1. The lowest BCUT2D eigenvalue weighted by Gasteiger charge is -2.29. The van der Waals surface area contributed by atoms with Gasteiger partial charge in [0.1, 0.15) is 11.3 Å². The molecular weight excluding hydrogens is 424 g/mol. The van der Waals surface area contributed by atoms with Crippen LogP contribution in [0.2, 0.25) is 0 Å². The summed E-state index contributed by atoms with van der Waals surface area (Å²) in [4.78, 5) is 31.4. The minimum atomic E-state index is -0.520. The highest BCUT2D eigenvalue weighted by Gasteiger charge is 2.34. The Morgan fingerprint density at radius 2 is 1.88 bits per heavy atom. The van der Waals surface area contributed by atoms with Crippen LogP contribution in [0.3, 0.4) is 0 Å². The summed E-state index contributed by atoms with van der Waals surface area (Å²) in [6.45, 7) is 6.34. The van der Waals surface area contributed by atoms with Crippen LogP contribution >= 0.6 is 12.2 Å². The van der Waals surface area contributed by atoms with Crippen molar-refractivity contribution < 1.29 is 14.3 Å². The molecule has 0 radical (unpaired) electrons. The van der Waals surface area contributed by atoms with Crippen LogP contribution in [0.1, 0.15) is 23.9 Å². The van der Waals surface area contributed by atoms with E-state index in [1.807, 2.05) is 43.5 Å². The number of thiocarbonyl (C=S) groups is 1. The molecule has 0 aliphatic carbocycles. The second-order valence-corrected chi connectivity index (χ2v) is 7.64. The molecule has 1 fully saturated rings. The summed E-state index contributed by atoms with van der Waals surface area (Å²) in [7, 11) is 0. The normalized spacial score (nSPS) is 15.3. The number of pyridine rings is 1. The number of carbonyl (C=O) groups excluding carboxylic acids is 2. The third-order valence-electron chi connectivity index (χ3n) is 5.18. The minimum absolute atomic E-state index is 0.0129. The summed E-state index contributed by atoms with van der Waals surface area (Å²) >= 11 is 5.28. The highest BCUT2D eigenvalue weighted by molar-refractivity contribution is 7.80. The molecule has 0 spiro atoms. The largest absolute Gasteiger partial charge is 0.494 e. The van der Waals surface area contributed by atoms with Crippen LogP contribution in [0.25, 0.3) is 11.8 Å². The molecule has 1 N–H and O–H groups in total. The van der Waals surface area contributed by atoms with Gasteiger partial charge in [0.05, 0.1) is 24.2 Å². The van der Waals surface area contributed by atoms with Crippen molar-refractivity contribution in [3.8, 4) is 11.4 Å². The molecule has 1 aromatic carbocycles. The summed E-state index contributed by atoms with van der Waals surface area (Å²) in [5, 5.41) is 2.67. The van der Waals surface area contributed by atoms with Gasteiger partial charge < -0.3 is 9.30 Å². The molecule has 0 saturated carbocycles. The van der Waals surface area contributed by atoms with Crippen molar-refractivity contribution in [2.75, 3.05) is 11.5 Å². The van der Waals surface area contributed by atoms with E-state index in [1.165, 1.54) is 4.90 Å². The number of amides is 2. The van der Waals surface area contributed by atoms with Crippen LogP contribution in [0.5, 0.6) is 5.75 Å². The van der Waals surface area contributed by atoms with E-state index >= 15 is 0 Å². The monoisotopic (exact) mass is 446 g/mol. The Hall–Kier alpha value is -3.78. The number of hydrogen-bond acceptors (Lipinski definition) is 5. The molecule has 162 valence electrons. The first-order chi connectivity index (χ1) is 15.4. The van der Waals surface area contributed by atoms with Crippen molar-refractivity contribution >= 4 is 40.9 Å². The molecule has 3 heterocycles. The average Bonchev–Trinajstić information content (AvgIpc) is 3.06. The maximum absolute atomic E-state index is 13.3. The van der Waals surface area contributed by atoms with Crippen molar-refractivity contribution in [3.63, 3.8) is 0 Å². The van der Waals surface area contributed by atoms with Gasteiger partial charge in [-0.1, -0.05) is 0 Å². The minimum Gasteiger partial charge on any atom is -0.494 e. The van der Waals surface area contributed by atoms with E-state index in [1.54, 1.807) is 42.7 Å². The summed E-state index contributed by atoms with van der Waals surface area (Å²) < 4.78 is 7.49. The third-order valence-corrected chi connectivity index (χ3v) is 5.47. The van der Waals surface area contributed by atoms with Gasteiger partial charge in [0.2, 0.25) is 0 Å². The molecule has 1 aliphatic rings. The van der Waals surface area contributed by atoms with Crippen molar-refractivity contribution in [3.05, 3.63) is 77.4 Å². The lowest BCUT2D eigenvalue weighted by atomic mass is 10.1. The Kier molecular flexibility index (Phi) is 5.87. The predicted molar refractivity (Wildman–Crippen MR) is 127 cm³/mol. The molecule has 7 nitrogen and oxygen atoms in total. The molecule has 0 bridgehead atoms. The first-order valence-corrected chi connectivity index (χ1v) is 10.5. The number of anilines is 1. The SMILES string of the molecule is CCOc1ccc(N2C(=O)/C(=C/c3cc(C)n(-c4cccnc4)c3C)C(=O)NC2=S)cc1. The molecule has 8 heteroatoms. The van der Waals surface area contributed by atoms with Gasteiger partial charge in [0.25, 0.3) is 11.8 Å². The smallest absolute Gasteiger partial charge is 0.270 e. The van der Waals surface area contributed by atoms with Gasteiger partial charge in [0.15, 0.2) is 5.11 Å². The molecular formula is C24H22N4O3S. The van der Waals surface area contributed by atoms with Gasteiger partial charge in [-0.25, -0.2) is 0 Å². The molecule has 0 unspecified atom stereocenters. The van der Waals surface area contributed by atoms with Crippen LogP contribution in [0.4, 0.5) is 5.69 Å². The predicted octanol–water partition coefficient (Wildman–Crippen LogP) is 3.72. The van der Waals surface area contributed by atoms with E-state index in [-0.39, 0.29) is 10.7 Å². The van der Waals surface area contributed by atoms with Crippen molar-refractivity contribution in [1.29, 1.82) is 0 Å². The number of carbonyl (C=O) groups is 2. The number of nitrogens with one attached hydrogen (secondary N) is 1. The van der Waals surface area contributed by atoms with E-state index in [0.29, 0.717) is 18.0 Å². The van der Waals surface area contributed by atoms with Crippen LogP contribution in [0, 0.1) is 13.8 Å². The van der Waals surface area contributed by atoms with Crippen LogP contribution < -0.4 is 15.0 Å². The maximum Gasteiger partial charge on any atom is 0.270 e. The van der Waals surface area contributed by atoms with Crippen molar-refractivity contribution in [2.24, 2.45) is 0 Å². The first-order valence-electron chi connectivity index (χ1n) is 10.1. The summed E-state index contributed by atoms with van der Waals surface area (Å²) in [6.07, 6.45) is 5.08. The Morgan fingerprint density at radius 3 is 2.53 bits per heavy atom. The zero-order valence-corrected chi connectivity index (χ0v) is 18.8. The summed E-state index contributed by atoms with van der Waals surface area (Å²) in [6, 6.07) is 12.7. The summed E-state index contributed by atoms with van der Waals surface area (Å²) in [5.41, 5.74) is 4.09. The fourth-order valence-electron chi connectivity index (χ4n) is 3.72. The number of hydrogen-bond donors (Lipinski definition) is 1. The van der Waals surface area contributed by atoms with Gasteiger partial charge >= 0.3 is 0 Å². The maximum atomic E-state index is 13.3. The molecule has 3 aromatic rings. The molecule has 1 saturated heterocycles. The zero-order chi connectivity index (χ0) is 22.8. The second-order valence-electron chi connectivity index (χ2n) is 7.26. The topological polar surface area (TPSA) is 76.5 Å². The molecule has 0 atom stereocenters. The van der Waals surface area contributed by atoms with E-state index in [9.17, 15) is 9.59 Å². The Morgan fingerprint density at radius 1 is 1.12 bits per heavy atom. The Bertz CT molecular complexity index is 1230. The highest BCUT2D eigenvalue weighted by atomic mass is 32.1. The standard InChI is InChI=1S/C24H22N4O3S/c1-4-31-20-9-7-18(8-10-20)28-23(30)21(22(29)26-24(28)32)13-17-12-15(2)27(16(17)3)19-6-5-11-25-14-19/h5-14H,4H2,1-3H3,(H,26,29,32)/b21-13+. The number of rotatable bonds is 5. The van der Waals surface area contributed by atoms with Gasteiger partial charge in [-0.15, -0.1) is 0 Å². The van der Waals surface area contributed by atoms with Crippen molar-refractivity contribution in [2.45, 2.75) is 20.8 Å². The number of aromatic nitrogens is 2. The fraction of sp³-hybridized carbons (Fsp3) is 0.167. The molecule has 1 aliphatic heterocycles. The van der Waals surface area contributed by atoms with Crippen molar-refractivity contribution in [1.82, 2.24) is 14.9 Å². The molecule has 2 aromatic heterocycles. The van der Waals surface area contributed by atoms with E-state index in [4.69, 9.17) is 17.0 Å². The van der Waals surface area contributed by atoms with Gasteiger partial charge in [-0.2, -0.15) is 0 Å². The van der Waals surface area contributed by atoms with E-state index < -0.39 is 11.8 Å². The Balaban J connectivity index is 1.71. The number of nitrogens with zero attached hydrogens (tertiary/aromatic N) is 3. The first kappa shape index (κ1) is 21.5. The molecule has 4 rings (SSSR count). The van der Waals surface area contributed by atoms with Crippen LogP contribution in [0.15, 0.2) is 60.4 Å². The summed E-state index contributed by atoms with van der Waals surface area (Å²) in [5.74, 6) is -0.309.